The van der Waals surface area contributed by atoms with Gasteiger partial charge >= 0.3 is 0 Å². The van der Waals surface area contributed by atoms with Crippen LogP contribution in [0.5, 0.6) is 0 Å². The maximum Gasteiger partial charge on any atom is 0.256 e. The van der Waals surface area contributed by atoms with Crippen molar-refractivity contribution in [3.63, 3.8) is 0 Å². The number of nitrogens with zero attached hydrogens (tertiary/aromatic N) is 4. The van der Waals surface area contributed by atoms with Gasteiger partial charge in [0.1, 0.15) is 12.1 Å². The third-order valence-corrected chi connectivity index (χ3v) is 3.86. The zero-order chi connectivity index (χ0) is 20.7. The Morgan fingerprint density at radius 2 is 1.96 bits per heavy atom. The van der Waals surface area contributed by atoms with Crippen LogP contribution in [0.3, 0.4) is 0 Å². The van der Waals surface area contributed by atoms with Gasteiger partial charge in [0.25, 0.3) is 5.91 Å². The maximum atomic E-state index is 14.0. The minimum Gasteiger partial charge on any atom is -0.326 e. The average Bonchev–Trinajstić information content (AvgIpc) is 2.61. The zero-order valence-electron chi connectivity index (χ0n) is 13.6. The van der Waals surface area contributed by atoms with E-state index < -0.39 is 21.7 Å². The third-order valence-electron chi connectivity index (χ3n) is 3.01. The Morgan fingerprint density at radius 1 is 1.29 bits per heavy atom. The van der Waals surface area contributed by atoms with E-state index in [0.717, 1.165) is 6.07 Å². The van der Waals surface area contributed by atoms with Gasteiger partial charge in [-0.1, -0.05) is 46.4 Å². The van der Waals surface area contributed by atoms with E-state index in [1.54, 1.807) is 6.19 Å². The molecular weight excluding hydrogens is 455 g/mol. The molecule has 0 saturated carbocycles. The number of carbonyl (C=O) groups is 1. The first-order chi connectivity index (χ1) is 13.2. The first-order valence-electron chi connectivity index (χ1n) is 7.28. The molecule has 0 bridgehead atoms. The number of guanidine groups is 1. The van der Waals surface area contributed by atoms with Gasteiger partial charge in [-0.15, -0.1) is 0 Å². The van der Waals surface area contributed by atoms with Gasteiger partial charge in [-0.25, -0.2) is 19.4 Å². The summed E-state index contributed by atoms with van der Waals surface area (Å²) in [5.74, 6) is -1.95. The van der Waals surface area contributed by atoms with Crippen LogP contribution in [0.1, 0.15) is 10.4 Å². The van der Waals surface area contributed by atoms with Crippen LogP contribution >= 0.6 is 46.4 Å². The number of hydrogen-bond acceptors (Lipinski definition) is 5. The molecule has 0 aliphatic heterocycles. The van der Waals surface area contributed by atoms with Gasteiger partial charge < -0.3 is 10.6 Å². The fourth-order valence-corrected chi connectivity index (χ4v) is 2.31. The molecule has 3 N–H and O–H groups in total. The van der Waals surface area contributed by atoms with Crippen molar-refractivity contribution < 1.29 is 9.18 Å². The first-order valence-corrected chi connectivity index (χ1v) is 8.79. The van der Waals surface area contributed by atoms with Crippen molar-refractivity contribution in [2.75, 3.05) is 5.32 Å². The van der Waals surface area contributed by atoms with Crippen LogP contribution in [-0.2, 0) is 0 Å². The summed E-state index contributed by atoms with van der Waals surface area (Å²) in [6.45, 7) is 0. The highest BCUT2D eigenvalue weighted by molar-refractivity contribution is 6.68. The molecule has 0 radical (unpaired) electrons. The summed E-state index contributed by atoms with van der Waals surface area (Å²) in [7, 11) is 0. The Kier molecular flexibility index (Phi) is 7.60. The Hall–Kier alpha value is -2.38. The van der Waals surface area contributed by atoms with E-state index in [2.05, 4.69) is 30.9 Å². The molecule has 146 valence electrons. The number of aliphatic imine (C=N–C) groups is 1. The van der Waals surface area contributed by atoms with E-state index in [9.17, 15) is 9.18 Å². The van der Waals surface area contributed by atoms with Crippen LogP contribution in [-0.4, -0.2) is 31.8 Å². The molecule has 0 spiro atoms. The van der Waals surface area contributed by atoms with Crippen LogP contribution in [0.2, 0.25) is 5.02 Å². The van der Waals surface area contributed by atoms with E-state index in [4.69, 9.17) is 51.7 Å². The number of anilines is 1. The first kappa shape index (κ1) is 21.9. The number of hydrogen-bond donors (Lipinski definition) is 3. The summed E-state index contributed by atoms with van der Waals surface area (Å²) < 4.78 is 11.8. The van der Waals surface area contributed by atoms with Crippen molar-refractivity contribution in [1.29, 1.82) is 5.26 Å². The van der Waals surface area contributed by atoms with Gasteiger partial charge in [0.15, 0.2) is 12.4 Å². The van der Waals surface area contributed by atoms with Gasteiger partial charge in [0, 0.05) is 5.02 Å². The van der Waals surface area contributed by atoms with Gasteiger partial charge in [0.2, 0.25) is 9.75 Å². The molecule has 0 saturated heterocycles. The van der Waals surface area contributed by atoms with E-state index in [1.165, 1.54) is 30.9 Å². The lowest BCUT2D eigenvalue weighted by atomic mass is 10.2. The minimum absolute atomic E-state index is 0.111. The molecule has 0 aliphatic carbocycles. The predicted molar refractivity (Wildman–Crippen MR) is 105 cm³/mol. The van der Waals surface area contributed by atoms with Crippen LogP contribution in [0.4, 0.5) is 10.1 Å². The lowest BCUT2D eigenvalue weighted by molar-refractivity contribution is 0.0935. The fourth-order valence-electron chi connectivity index (χ4n) is 1.84. The number of amides is 1. The molecule has 1 heterocycles. The second kappa shape index (κ2) is 9.71. The van der Waals surface area contributed by atoms with Gasteiger partial charge in [0.05, 0.1) is 23.6 Å². The SMILES string of the molecule is N#CN/C(=N\C(NC(=O)c1ccc(Cl)cc1F)C(Cl)(Cl)Cl)Nc1cncnc1. The highest BCUT2D eigenvalue weighted by atomic mass is 35.6. The number of carbonyl (C=O) groups excluding carboxylic acids is 1. The van der Waals surface area contributed by atoms with Crippen molar-refractivity contribution in [3.8, 4) is 6.19 Å². The maximum absolute atomic E-state index is 14.0. The highest BCUT2D eigenvalue weighted by Gasteiger charge is 2.35. The molecule has 2 rings (SSSR count). The molecule has 1 aromatic carbocycles. The van der Waals surface area contributed by atoms with Gasteiger partial charge in [-0.05, 0) is 18.2 Å². The molecule has 1 unspecified atom stereocenters. The molecule has 1 amide bonds. The van der Waals surface area contributed by atoms with Crippen LogP contribution in [0, 0.1) is 17.3 Å². The molecule has 1 aromatic heterocycles. The molecule has 2 aromatic rings. The second-order valence-electron chi connectivity index (χ2n) is 5.01. The topological polar surface area (TPSA) is 115 Å². The Labute approximate surface area is 178 Å². The molecule has 0 fully saturated rings. The molecule has 1 atom stereocenters. The number of nitriles is 1. The Morgan fingerprint density at radius 3 is 2.54 bits per heavy atom. The Bertz CT molecular complexity index is 915. The normalized spacial score (nSPS) is 12.6. The number of nitrogens with one attached hydrogen (secondary N) is 3. The summed E-state index contributed by atoms with van der Waals surface area (Å²) in [5, 5.41) is 16.2. The van der Waals surface area contributed by atoms with Gasteiger partial charge in [-0.2, -0.15) is 5.26 Å². The van der Waals surface area contributed by atoms with Crippen LogP contribution in [0.15, 0.2) is 41.9 Å². The van der Waals surface area contributed by atoms with Crippen molar-refractivity contribution in [2.24, 2.45) is 4.99 Å². The molecule has 13 heteroatoms. The lowest BCUT2D eigenvalue weighted by Gasteiger charge is -2.23. The molecule has 0 aliphatic rings. The molecular formula is C15H10Cl4FN7O. The summed E-state index contributed by atoms with van der Waals surface area (Å²) in [6.07, 6.45) is 4.24. The number of halogens is 5. The van der Waals surface area contributed by atoms with Crippen molar-refractivity contribution in [1.82, 2.24) is 20.6 Å². The average molecular weight is 465 g/mol. The summed E-state index contributed by atoms with van der Waals surface area (Å²) in [6, 6.07) is 3.45. The number of benzene rings is 1. The van der Waals surface area contributed by atoms with Crippen molar-refractivity contribution in [3.05, 3.63) is 53.3 Å². The lowest BCUT2D eigenvalue weighted by Crippen LogP contribution is -2.45. The van der Waals surface area contributed by atoms with E-state index in [-0.39, 0.29) is 16.5 Å². The van der Waals surface area contributed by atoms with Crippen molar-refractivity contribution in [2.45, 2.75) is 9.96 Å². The highest BCUT2D eigenvalue weighted by Crippen LogP contribution is 2.31. The largest absolute Gasteiger partial charge is 0.326 e. The monoisotopic (exact) mass is 463 g/mol. The van der Waals surface area contributed by atoms with E-state index >= 15 is 0 Å². The fraction of sp³-hybridized carbons (Fsp3) is 0.133. The summed E-state index contributed by atoms with van der Waals surface area (Å²) in [4.78, 5) is 23.9. The predicted octanol–water partition coefficient (Wildman–Crippen LogP) is 3.23. The molecule has 8 nitrogen and oxygen atoms in total. The zero-order valence-corrected chi connectivity index (χ0v) is 16.7. The quantitative estimate of drug-likeness (QED) is 0.210. The van der Waals surface area contributed by atoms with E-state index in [0.29, 0.717) is 5.69 Å². The van der Waals surface area contributed by atoms with Crippen molar-refractivity contribution >= 4 is 64.0 Å². The number of alkyl halides is 3. The Balaban J connectivity index is 2.29. The number of rotatable bonds is 4. The summed E-state index contributed by atoms with van der Waals surface area (Å²) in [5.41, 5.74) is 0.0280. The minimum atomic E-state index is -2.13. The molecule has 28 heavy (non-hydrogen) atoms. The van der Waals surface area contributed by atoms with Crippen LogP contribution < -0.4 is 16.0 Å². The third kappa shape index (κ3) is 6.35. The summed E-state index contributed by atoms with van der Waals surface area (Å²) >= 11 is 23.3. The van der Waals surface area contributed by atoms with Crippen LogP contribution in [0.25, 0.3) is 0 Å². The standard InChI is InChI=1S/C15H10Cl4FN7O/c16-8-1-2-10(11(20)3-8)12(28)26-13(15(17,18)19)27-14(24-6-21)25-9-4-22-7-23-5-9/h1-5,7,13H,(H,26,28)(H2,24,25,27). The second-order valence-corrected chi connectivity index (χ2v) is 7.81. The van der Waals surface area contributed by atoms with Gasteiger partial charge in [-0.3, -0.25) is 10.1 Å². The van der Waals surface area contributed by atoms with E-state index in [1.807, 2.05) is 0 Å². The number of aromatic nitrogens is 2. The smallest absolute Gasteiger partial charge is 0.256 e.